The Labute approximate surface area is 185 Å². The second-order valence-corrected chi connectivity index (χ2v) is 8.04. The third-order valence-electron chi connectivity index (χ3n) is 5.14. The highest BCUT2D eigenvalue weighted by molar-refractivity contribution is 4.51. The molecular formula is C24H48O6. The lowest BCUT2D eigenvalue weighted by Gasteiger charge is -2.09. The van der Waals surface area contributed by atoms with Gasteiger partial charge >= 0.3 is 0 Å². The highest BCUT2D eigenvalue weighted by Gasteiger charge is 1.97. The van der Waals surface area contributed by atoms with Crippen LogP contribution in [0.2, 0.25) is 0 Å². The summed E-state index contributed by atoms with van der Waals surface area (Å²) in [5.41, 5.74) is 0. The molecule has 0 aromatic carbocycles. The van der Waals surface area contributed by atoms with Crippen molar-refractivity contribution in [3.05, 3.63) is 0 Å². The van der Waals surface area contributed by atoms with Gasteiger partial charge in [0.25, 0.3) is 0 Å². The Morgan fingerprint density at radius 1 is 0.200 bits per heavy atom. The molecule has 6 heteroatoms. The normalized spacial score (nSPS) is 24.0. The Bertz CT molecular complexity index is 169. The molecule has 0 atom stereocenters. The molecule has 1 saturated carbocycles. The van der Waals surface area contributed by atoms with Gasteiger partial charge in [0.15, 0.2) is 0 Å². The van der Waals surface area contributed by atoms with Crippen molar-refractivity contribution in [2.24, 2.45) is 0 Å². The van der Waals surface area contributed by atoms with Crippen molar-refractivity contribution in [3.63, 3.8) is 0 Å². The van der Waals surface area contributed by atoms with Gasteiger partial charge in [0.05, 0.1) is 26.4 Å². The van der Waals surface area contributed by atoms with Gasteiger partial charge in [-0.1, -0.05) is 38.5 Å². The van der Waals surface area contributed by atoms with Crippen LogP contribution in [-0.4, -0.2) is 66.4 Å². The molecule has 4 aliphatic heterocycles. The van der Waals surface area contributed by atoms with Crippen molar-refractivity contribution >= 4 is 0 Å². The number of hydrogen-bond donors (Lipinski definition) is 0. The van der Waals surface area contributed by atoms with Crippen LogP contribution in [0.3, 0.4) is 0 Å². The van der Waals surface area contributed by atoms with E-state index in [-0.39, 0.29) is 0 Å². The van der Waals surface area contributed by atoms with Gasteiger partial charge in [-0.3, -0.25) is 0 Å². The summed E-state index contributed by atoms with van der Waals surface area (Å²) >= 11 is 0. The van der Waals surface area contributed by atoms with Gasteiger partial charge in [0.2, 0.25) is 0 Å². The molecule has 0 aromatic heterocycles. The van der Waals surface area contributed by atoms with Crippen molar-refractivity contribution in [3.8, 4) is 0 Å². The summed E-state index contributed by atoms with van der Waals surface area (Å²) in [6.07, 6.45) is 19.0. The third kappa shape index (κ3) is 22.4. The maximum absolute atomic E-state index is 5.07. The van der Waals surface area contributed by atoms with Crippen LogP contribution in [0.15, 0.2) is 0 Å². The Morgan fingerprint density at radius 2 is 0.433 bits per heavy atom. The van der Waals surface area contributed by atoms with Gasteiger partial charge in [0.1, 0.15) is 13.6 Å². The van der Waals surface area contributed by atoms with E-state index in [9.17, 15) is 0 Å². The summed E-state index contributed by atoms with van der Waals surface area (Å²) in [6.45, 7) is 8.50. The first kappa shape index (κ1) is 27.8. The molecule has 6 nitrogen and oxygen atoms in total. The van der Waals surface area contributed by atoms with Crippen LogP contribution in [0.4, 0.5) is 0 Å². The summed E-state index contributed by atoms with van der Waals surface area (Å²) in [7, 11) is 0. The molecule has 0 spiro atoms. The standard InChI is InChI=1S/C6H12.2C5H10O.2C4H8O2/c3*1-2-4-6-5-3-1;2*1-2-5-4-6-3-1/h1-6H2;2*1-5H2;2*1-4H2. The van der Waals surface area contributed by atoms with Gasteiger partial charge in [-0.15, -0.1) is 0 Å². The zero-order valence-corrected chi connectivity index (χ0v) is 19.4. The van der Waals surface area contributed by atoms with E-state index in [1.165, 1.54) is 77.0 Å². The molecule has 0 amide bonds. The van der Waals surface area contributed by atoms with Crippen LogP contribution < -0.4 is 0 Å². The maximum Gasteiger partial charge on any atom is 0.146 e. The monoisotopic (exact) mass is 432 g/mol. The number of ether oxygens (including phenoxy) is 6. The van der Waals surface area contributed by atoms with Crippen molar-refractivity contribution in [2.75, 3.05) is 66.4 Å². The van der Waals surface area contributed by atoms with Gasteiger partial charge in [-0.25, -0.2) is 0 Å². The molecule has 180 valence electrons. The minimum absolute atomic E-state index is 0.500. The molecule has 30 heavy (non-hydrogen) atoms. The van der Waals surface area contributed by atoms with Gasteiger partial charge in [-0.05, 0) is 51.4 Å². The van der Waals surface area contributed by atoms with Crippen molar-refractivity contribution in [1.29, 1.82) is 0 Å². The zero-order chi connectivity index (χ0) is 21.2. The van der Waals surface area contributed by atoms with E-state index in [0.29, 0.717) is 13.6 Å². The highest BCUT2D eigenvalue weighted by Crippen LogP contribution is 2.15. The van der Waals surface area contributed by atoms with Crippen LogP contribution in [-0.2, 0) is 28.4 Å². The highest BCUT2D eigenvalue weighted by atomic mass is 16.7. The van der Waals surface area contributed by atoms with Crippen LogP contribution in [0.5, 0.6) is 0 Å². The average molecular weight is 433 g/mol. The minimum Gasteiger partial charge on any atom is -0.381 e. The van der Waals surface area contributed by atoms with E-state index in [2.05, 4.69) is 0 Å². The second-order valence-electron chi connectivity index (χ2n) is 8.04. The van der Waals surface area contributed by atoms with E-state index in [1.54, 1.807) is 0 Å². The largest absolute Gasteiger partial charge is 0.381 e. The zero-order valence-electron chi connectivity index (χ0n) is 19.4. The first-order valence-corrected chi connectivity index (χ1v) is 12.5. The minimum atomic E-state index is 0.500. The molecule has 1 aliphatic carbocycles. The molecule has 0 N–H and O–H groups in total. The van der Waals surface area contributed by atoms with Crippen LogP contribution in [0.1, 0.15) is 89.9 Å². The lowest BCUT2D eigenvalue weighted by atomic mass is 10.0. The summed E-state index contributed by atoms with van der Waals surface area (Å²) in [5, 5.41) is 0. The van der Waals surface area contributed by atoms with E-state index >= 15 is 0 Å². The molecule has 0 aromatic rings. The molecular weight excluding hydrogens is 384 g/mol. The lowest BCUT2D eigenvalue weighted by Crippen LogP contribution is -2.11. The molecule has 0 radical (unpaired) electrons. The maximum atomic E-state index is 5.07. The first-order valence-electron chi connectivity index (χ1n) is 12.5. The Hall–Kier alpha value is -0.240. The van der Waals surface area contributed by atoms with Crippen LogP contribution in [0, 0.1) is 0 Å². The number of hydrogen-bond acceptors (Lipinski definition) is 6. The van der Waals surface area contributed by atoms with E-state index in [4.69, 9.17) is 28.4 Å². The van der Waals surface area contributed by atoms with Crippen LogP contribution >= 0.6 is 0 Å². The fourth-order valence-corrected chi connectivity index (χ4v) is 3.31. The second kappa shape index (κ2) is 25.0. The summed E-state index contributed by atoms with van der Waals surface area (Å²) < 4.78 is 29.5. The average Bonchev–Trinajstić information content (AvgIpc) is 2.91. The summed E-state index contributed by atoms with van der Waals surface area (Å²) in [5.74, 6) is 0. The molecule has 0 bridgehead atoms. The van der Waals surface area contributed by atoms with Crippen molar-refractivity contribution in [1.82, 2.24) is 0 Å². The van der Waals surface area contributed by atoms with Gasteiger partial charge in [0, 0.05) is 26.4 Å². The SMILES string of the molecule is C1CCCCC1.C1CCOCC1.C1CCOCC1.C1COCOC1.C1COCOC1. The number of rotatable bonds is 0. The predicted molar refractivity (Wildman–Crippen MR) is 120 cm³/mol. The predicted octanol–water partition coefficient (Wildman–Crippen LogP) is 5.48. The lowest BCUT2D eigenvalue weighted by molar-refractivity contribution is -0.0965. The van der Waals surface area contributed by atoms with E-state index in [0.717, 1.165) is 65.7 Å². The van der Waals surface area contributed by atoms with Gasteiger partial charge < -0.3 is 28.4 Å². The molecule has 0 unspecified atom stereocenters. The topological polar surface area (TPSA) is 55.4 Å². The molecule has 4 saturated heterocycles. The molecule has 5 fully saturated rings. The molecule has 5 aliphatic rings. The fourth-order valence-electron chi connectivity index (χ4n) is 3.31. The Kier molecular flexibility index (Phi) is 23.2. The third-order valence-corrected chi connectivity index (χ3v) is 5.14. The smallest absolute Gasteiger partial charge is 0.146 e. The Balaban J connectivity index is 0.000000187. The fraction of sp³-hybridized carbons (Fsp3) is 1.00. The summed E-state index contributed by atoms with van der Waals surface area (Å²) in [6, 6.07) is 0. The molecule has 4 heterocycles. The van der Waals surface area contributed by atoms with Gasteiger partial charge in [-0.2, -0.15) is 0 Å². The van der Waals surface area contributed by atoms with Crippen molar-refractivity contribution in [2.45, 2.75) is 89.9 Å². The van der Waals surface area contributed by atoms with Crippen molar-refractivity contribution < 1.29 is 28.4 Å². The quantitative estimate of drug-likeness (QED) is 0.505. The Morgan fingerprint density at radius 3 is 0.533 bits per heavy atom. The molecule has 5 rings (SSSR count). The van der Waals surface area contributed by atoms with E-state index in [1.807, 2.05) is 0 Å². The van der Waals surface area contributed by atoms with E-state index < -0.39 is 0 Å². The first-order chi connectivity index (χ1) is 15.0. The van der Waals surface area contributed by atoms with Crippen LogP contribution in [0.25, 0.3) is 0 Å². The summed E-state index contributed by atoms with van der Waals surface area (Å²) in [4.78, 5) is 0.